The SMILES string of the molecule is CCCc1ccc(C)cc1Nc1nccc(-c2cc(/C=N\C)c3c(c2)[C@@](C)(CO)CN3)n1. The number of aromatic nitrogens is 2. The maximum Gasteiger partial charge on any atom is 0.227 e. The quantitative estimate of drug-likeness (QED) is 0.467. The minimum Gasteiger partial charge on any atom is -0.395 e. The van der Waals surface area contributed by atoms with Crippen molar-refractivity contribution in [2.75, 3.05) is 30.8 Å². The predicted molar refractivity (Wildman–Crippen MR) is 132 cm³/mol. The third kappa shape index (κ3) is 4.23. The number of aliphatic hydroxyl groups excluding tert-OH is 1. The molecule has 166 valence electrons. The van der Waals surface area contributed by atoms with Crippen LogP contribution in [0, 0.1) is 6.92 Å². The van der Waals surface area contributed by atoms with E-state index >= 15 is 0 Å². The first-order chi connectivity index (χ1) is 15.5. The van der Waals surface area contributed by atoms with Crippen LogP contribution in [0.5, 0.6) is 0 Å². The van der Waals surface area contributed by atoms with Gasteiger partial charge in [-0.15, -0.1) is 0 Å². The smallest absolute Gasteiger partial charge is 0.227 e. The zero-order valence-corrected chi connectivity index (χ0v) is 19.2. The Kier molecular flexibility index (Phi) is 6.24. The lowest BCUT2D eigenvalue weighted by Crippen LogP contribution is -2.28. The van der Waals surface area contributed by atoms with Gasteiger partial charge in [0.05, 0.1) is 12.3 Å². The number of anilines is 3. The van der Waals surface area contributed by atoms with Crippen molar-refractivity contribution in [3.05, 3.63) is 64.8 Å². The molecule has 0 bridgehead atoms. The number of fused-ring (bicyclic) bond motifs is 1. The number of nitrogens with zero attached hydrogens (tertiary/aromatic N) is 3. The average molecular weight is 430 g/mol. The molecule has 0 unspecified atom stereocenters. The molecule has 2 aromatic carbocycles. The first kappa shape index (κ1) is 22.0. The average Bonchev–Trinajstić information content (AvgIpc) is 3.14. The molecule has 0 saturated carbocycles. The molecule has 6 nitrogen and oxygen atoms in total. The van der Waals surface area contributed by atoms with Crippen LogP contribution in [-0.2, 0) is 11.8 Å². The molecule has 4 rings (SSSR count). The standard InChI is InChI=1S/C26H31N5O/c1-5-6-18-8-7-17(2)11-23(18)31-25-28-10-9-22(30-25)19-12-20(14-27-4)24-21(13-19)26(3,16-32)15-29-24/h7-14,29,32H,5-6,15-16H2,1-4H3,(H,28,30,31)/b27-14-/t26-/m1/s1. The van der Waals surface area contributed by atoms with Crippen LogP contribution >= 0.6 is 0 Å². The molecule has 1 aliphatic rings. The summed E-state index contributed by atoms with van der Waals surface area (Å²) in [5, 5.41) is 16.9. The topological polar surface area (TPSA) is 82.4 Å². The Bertz CT molecular complexity index is 1160. The Morgan fingerprint density at radius 2 is 2.09 bits per heavy atom. The summed E-state index contributed by atoms with van der Waals surface area (Å²) in [4.78, 5) is 13.5. The van der Waals surface area contributed by atoms with Crippen LogP contribution in [0.1, 0.15) is 42.5 Å². The van der Waals surface area contributed by atoms with E-state index in [0.29, 0.717) is 12.5 Å². The van der Waals surface area contributed by atoms with Crippen molar-refractivity contribution in [1.82, 2.24) is 9.97 Å². The molecule has 3 aromatic rings. The van der Waals surface area contributed by atoms with Gasteiger partial charge in [-0.3, -0.25) is 4.99 Å². The number of aliphatic hydroxyl groups is 1. The van der Waals surface area contributed by atoms with Crippen LogP contribution in [0.2, 0.25) is 0 Å². The molecule has 0 spiro atoms. The van der Waals surface area contributed by atoms with Gasteiger partial charge in [-0.05, 0) is 54.3 Å². The highest BCUT2D eigenvalue weighted by atomic mass is 16.3. The maximum atomic E-state index is 10.0. The van der Waals surface area contributed by atoms with Gasteiger partial charge in [0, 0.05) is 53.9 Å². The fourth-order valence-electron chi connectivity index (χ4n) is 4.24. The van der Waals surface area contributed by atoms with Crippen LogP contribution in [0.4, 0.5) is 17.3 Å². The zero-order valence-electron chi connectivity index (χ0n) is 19.2. The van der Waals surface area contributed by atoms with Gasteiger partial charge in [0.15, 0.2) is 0 Å². The van der Waals surface area contributed by atoms with E-state index in [4.69, 9.17) is 4.98 Å². The third-order valence-electron chi connectivity index (χ3n) is 6.07. The van der Waals surface area contributed by atoms with E-state index < -0.39 is 0 Å². The highest BCUT2D eigenvalue weighted by Crippen LogP contribution is 2.40. The van der Waals surface area contributed by atoms with Crippen LogP contribution in [-0.4, -0.2) is 41.5 Å². The van der Waals surface area contributed by atoms with Crippen LogP contribution in [0.25, 0.3) is 11.3 Å². The van der Waals surface area contributed by atoms with Gasteiger partial charge in [0.1, 0.15) is 0 Å². The number of rotatable bonds is 7. The molecule has 2 heterocycles. The van der Waals surface area contributed by atoms with Gasteiger partial charge in [-0.1, -0.05) is 32.4 Å². The fourth-order valence-corrected chi connectivity index (χ4v) is 4.24. The van der Waals surface area contributed by atoms with Crippen molar-refractivity contribution >= 4 is 23.5 Å². The molecular formula is C26H31N5O. The van der Waals surface area contributed by atoms with Gasteiger partial charge in [-0.25, -0.2) is 9.97 Å². The molecule has 0 amide bonds. The van der Waals surface area contributed by atoms with Crippen molar-refractivity contribution in [2.24, 2.45) is 4.99 Å². The summed E-state index contributed by atoms with van der Waals surface area (Å²) in [5.74, 6) is 0.569. The number of hydrogen-bond donors (Lipinski definition) is 3. The summed E-state index contributed by atoms with van der Waals surface area (Å²) >= 11 is 0. The molecule has 0 aliphatic carbocycles. The molecule has 0 fully saturated rings. The molecule has 6 heteroatoms. The van der Waals surface area contributed by atoms with Gasteiger partial charge in [-0.2, -0.15) is 0 Å². The van der Waals surface area contributed by atoms with Gasteiger partial charge < -0.3 is 15.7 Å². The Morgan fingerprint density at radius 3 is 2.84 bits per heavy atom. The summed E-state index contributed by atoms with van der Waals surface area (Å²) in [6.45, 7) is 7.11. The van der Waals surface area contributed by atoms with E-state index in [2.05, 4.69) is 71.7 Å². The second-order valence-corrected chi connectivity index (χ2v) is 8.75. The predicted octanol–water partition coefficient (Wildman–Crippen LogP) is 4.87. The lowest BCUT2D eigenvalue weighted by molar-refractivity contribution is 0.219. The van der Waals surface area contributed by atoms with E-state index in [0.717, 1.165) is 46.6 Å². The zero-order chi connectivity index (χ0) is 22.7. The highest BCUT2D eigenvalue weighted by Gasteiger charge is 2.35. The molecule has 3 N–H and O–H groups in total. The van der Waals surface area contributed by atoms with Crippen LogP contribution in [0.3, 0.4) is 0 Å². The molecule has 1 aliphatic heterocycles. The minimum absolute atomic E-state index is 0.0727. The van der Waals surface area contributed by atoms with Gasteiger partial charge in [0.25, 0.3) is 0 Å². The lowest BCUT2D eigenvalue weighted by Gasteiger charge is -2.21. The first-order valence-corrected chi connectivity index (χ1v) is 11.1. The largest absolute Gasteiger partial charge is 0.395 e. The second-order valence-electron chi connectivity index (χ2n) is 8.75. The normalized spacial score (nSPS) is 17.4. The summed E-state index contributed by atoms with van der Waals surface area (Å²) in [5.41, 5.74) is 8.09. The summed E-state index contributed by atoms with van der Waals surface area (Å²) < 4.78 is 0. The van der Waals surface area contributed by atoms with Crippen LogP contribution in [0.15, 0.2) is 47.6 Å². The van der Waals surface area contributed by atoms with E-state index in [1.54, 1.807) is 13.2 Å². The van der Waals surface area contributed by atoms with Crippen molar-refractivity contribution in [3.8, 4) is 11.3 Å². The van der Waals surface area contributed by atoms with E-state index in [-0.39, 0.29) is 12.0 Å². The van der Waals surface area contributed by atoms with Crippen LogP contribution < -0.4 is 10.6 Å². The van der Waals surface area contributed by atoms with Crippen molar-refractivity contribution in [3.63, 3.8) is 0 Å². The number of aryl methyl sites for hydroxylation is 2. The van der Waals surface area contributed by atoms with E-state index in [1.165, 1.54) is 11.1 Å². The maximum absolute atomic E-state index is 10.0. The van der Waals surface area contributed by atoms with E-state index in [1.807, 2.05) is 12.3 Å². The molecule has 32 heavy (non-hydrogen) atoms. The first-order valence-electron chi connectivity index (χ1n) is 11.1. The number of aliphatic imine (C=N–C) groups is 1. The Balaban J connectivity index is 1.74. The summed E-state index contributed by atoms with van der Waals surface area (Å²) in [6, 6.07) is 12.6. The number of nitrogens with one attached hydrogen (secondary N) is 2. The highest BCUT2D eigenvalue weighted by molar-refractivity contribution is 5.93. The Hall–Kier alpha value is -3.25. The number of benzene rings is 2. The van der Waals surface area contributed by atoms with Gasteiger partial charge >= 0.3 is 0 Å². The third-order valence-corrected chi connectivity index (χ3v) is 6.07. The Labute approximate surface area is 189 Å². The lowest BCUT2D eigenvalue weighted by atomic mass is 9.83. The Morgan fingerprint density at radius 1 is 1.25 bits per heavy atom. The molecule has 1 atom stereocenters. The molecule has 1 aromatic heterocycles. The molecule has 0 saturated heterocycles. The molecular weight excluding hydrogens is 398 g/mol. The fraction of sp³-hybridized carbons (Fsp3) is 0.346. The van der Waals surface area contributed by atoms with Crippen molar-refractivity contribution in [2.45, 2.75) is 39.0 Å². The summed E-state index contributed by atoms with van der Waals surface area (Å²) in [7, 11) is 1.77. The molecule has 0 radical (unpaired) electrons. The van der Waals surface area contributed by atoms with E-state index in [9.17, 15) is 5.11 Å². The second kappa shape index (κ2) is 9.09. The van der Waals surface area contributed by atoms with Crippen molar-refractivity contribution < 1.29 is 5.11 Å². The number of hydrogen-bond acceptors (Lipinski definition) is 6. The monoisotopic (exact) mass is 429 g/mol. The minimum atomic E-state index is -0.341. The van der Waals surface area contributed by atoms with Gasteiger partial charge in [0.2, 0.25) is 5.95 Å². The summed E-state index contributed by atoms with van der Waals surface area (Å²) in [6.07, 6.45) is 5.71. The van der Waals surface area contributed by atoms with Crippen molar-refractivity contribution in [1.29, 1.82) is 0 Å².